The zero-order chi connectivity index (χ0) is 12.3. The molecule has 0 saturated heterocycles. The van der Waals surface area contributed by atoms with Gasteiger partial charge >= 0.3 is 5.97 Å². The summed E-state index contributed by atoms with van der Waals surface area (Å²) in [6.45, 7) is 8.76. The number of carboxylic acids is 1. The molecule has 1 N–H and O–H groups in total. The summed E-state index contributed by atoms with van der Waals surface area (Å²) in [6.07, 6.45) is 4.31. The fourth-order valence-electron chi connectivity index (χ4n) is 3.34. The van der Waals surface area contributed by atoms with E-state index in [9.17, 15) is 9.90 Å². The minimum absolute atomic E-state index is 0.120. The minimum Gasteiger partial charge on any atom is -0.481 e. The number of hydrogen-bond acceptors (Lipinski definition) is 1. The quantitative estimate of drug-likeness (QED) is 0.791. The van der Waals surface area contributed by atoms with Crippen molar-refractivity contribution in [3.8, 4) is 0 Å². The monoisotopic (exact) mass is 226 g/mol. The van der Waals surface area contributed by atoms with Gasteiger partial charge in [0.25, 0.3) is 0 Å². The van der Waals surface area contributed by atoms with Crippen molar-refractivity contribution in [2.24, 2.45) is 29.6 Å². The largest absolute Gasteiger partial charge is 0.481 e. The Morgan fingerprint density at radius 1 is 1.19 bits per heavy atom. The van der Waals surface area contributed by atoms with Gasteiger partial charge in [0.1, 0.15) is 0 Å². The van der Waals surface area contributed by atoms with Crippen LogP contribution in [0.15, 0.2) is 0 Å². The maximum atomic E-state index is 11.3. The Hall–Kier alpha value is -0.530. The van der Waals surface area contributed by atoms with E-state index in [2.05, 4.69) is 27.7 Å². The Balaban J connectivity index is 2.66. The average Bonchev–Trinajstić information content (AvgIpc) is 2.11. The third-order valence-corrected chi connectivity index (χ3v) is 3.83. The van der Waals surface area contributed by atoms with E-state index in [0.29, 0.717) is 23.7 Å². The molecule has 2 nitrogen and oxygen atoms in total. The molecule has 16 heavy (non-hydrogen) atoms. The summed E-state index contributed by atoms with van der Waals surface area (Å²) < 4.78 is 0. The van der Waals surface area contributed by atoms with Crippen molar-refractivity contribution in [2.45, 2.75) is 53.4 Å². The van der Waals surface area contributed by atoms with Gasteiger partial charge in [0.2, 0.25) is 0 Å². The molecule has 1 aliphatic rings. The first-order valence-electron chi connectivity index (χ1n) is 6.63. The molecule has 1 saturated carbocycles. The van der Waals surface area contributed by atoms with E-state index in [1.54, 1.807) is 0 Å². The van der Waals surface area contributed by atoms with Crippen LogP contribution in [0.25, 0.3) is 0 Å². The lowest BCUT2D eigenvalue weighted by molar-refractivity contribution is -0.145. The SMILES string of the molecule is CC(C)CC(C(=O)O)C1CC(C)CC(C)C1. The van der Waals surface area contributed by atoms with Gasteiger partial charge in [-0.25, -0.2) is 0 Å². The van der Waals surface area contributed by atoms with Gasteiger partial charge < -0.3 is 5.11 Å². The van der Waals surface area contributed by atoms with Crippen molar-refractivity contribution < 1.29 is 9.90 Å². The van der Waals surface area contributed by atoms with Crippen LogP contribution in [0.4, 0.5) is 0 Å². The second kappa shape index (κ2) is 5.70. The van der Waals surface area contributed by atoms with Gasteiger partial charge in [0.15, 0.2) is 0 Å². The van der Waals surface area contributed by atoms with Crippen LogP contribution in [0, 0.1) is 29.6 Å². The Bertz CT molecular complexity index is 225. The molecule has 0 radical (unpaired) electrons. The van der Waals surface area contributed by atoms with Gasteiger partial charge in [-0.3, -0.25) is 4.79 Å². The zero-order valence-corrected chi connectivity index (χ0v) is 11.1. The number of carbonyl (C=O) groups is 1. The molecule has 1 rings (SSSR count). The number of rotatable bonds is 4. The molecule has 0 aromatic rings. The van der Waals surface area contributed by atoms with Crippen LogP contribution in [-0.4, -0.2) is 11.1 Å². The molecule has 0 aromatic heterocycles. The summed E-state index contributed by atoms with van der Waals surface area (Å²) in [6, 6.07) is 0. The predicted molar refractivity (Wildman–Crippen MR) is 66.2 cm³/mol. The molecule has 1 fully saturated rings. The Morgan fingerprint density at radius 2 is 1.69 bits per heavy atom. The van der Waals surface area contributed by atoms with E-state index in [1.807, 2.05) is 0 Å². The summed E-state index contributed by atoms with van der Waals surface area (Å²) in [5.74, 6) is 1.57. The number of aliphatic carboxylic acids is 1. The molecule has 0 aromatic carbocycles. The highest BCUT2D eigenvalue weighted by molar-refractivity contribution is 5.70. The molecular weight excluding hydrogens is 200 g/mol. The highest BCUT2D eigenvalue weighted by Crippen LogP contribution is 2.39. The van der Waals surface area contributed by atoms with E-state index in [4.69, 9.17) is 0 Å². The molecule has 0 amide bonds. The van der Waals surface area contributed by atoms with Crippen LogP contribution in [-0.2, 0) is 4.79 Å². The van der Waals surface area contributed by atoms with Crippen LogP contribution in [0.1, 0.15) is 53.4 Å². The van der Waals surface area contributed by atoms with Crippen LogP contribution in [0.3, 0.4) is 0 Å². The lowest BCUT2D eigenvalue weighted by Gasteiger charge is -2.35. The van der Waals surface area contributed by atoms with Gasteiger partial charge in [-0.2, -0.15) is 0 Å². The van der Waals surface area contributed by atoms with Gasteiger partial charge in [-0.05, 0) is 49.4 Å². The van der Waals surface area contributed by atoms with Crippen LogP contribution in [0.2, 0.25) is 0 Å². The molecule has 0 bridgehead atoms. The topological polar surface area (TPSA) is 37.3 Å². The molecule has 94 valence electrons. The predicted octanol–water partition coefficient (Wildman–Crippen LogP) is 3.81. The van der Waals surface area contributed by atoms with Gasteiger partial charge in [-0.1, -0.05) is 27.7 Å². The molecule has 1 aliphatic carbocycles. The third kappa shape index (κ3) is 3.80. The highest BCUT2D eigenvalue weighted by Gasteiger charge is 2.34. The smallest absolute Gasteiger partial charge is 0.306 e. The lowest BCUT2D eigenvalue weighted by atomic mass is 9.70. The third-order valence-electron chi connectivity index (χ3n) is 3.83. The first kappa shape index (κ1) is 13.5. The van der Waals surface area contributed by atoms with Crippen molar-refractivity contribution in [1.82, 2.24) is 0 Å². The van der Waals surface area contributed by atoms with Crippen molar-refractivity contribution in [3.05, 3.63) is 0 Å². The maximum absolute atomic E-state index is 11.3. The Morgan fingerprint density at radius 3 is 2.06 bits per heavy atom. The van der Waals surface area contributed by atoms with Crippen LogP contribution < -0.4 is 0 Å². The van der Waals surface area contributed by atoms with E-state index in [0.717, 1.165) is 19.3 Å². The fourth-order valence-corrected chi connectivity index (χ4v) is 3.34. The lowest BCUT2D eigenvalue weighted by Crippen LogP contribution is -2.31. The molecule has 3 atom stereocenters. The van der Waals surface area contributed by atoms with E-state index < -0.39 is 5.97 Å². The van der Waals surface area contributed by atoms with Crippen molar-refractivity contribution in [1.29, 1.82) is 0 Å². The maximum Gasteiger partial charge on any atom is 0.306 e. The normalized spacial score (nSPS) is 32.7. The fraction of sp³-hybridized carbons (Fsp3) is 0.929. The molecule has 0 aliphatic heterocycles. The number of carboxylic acid groups (broad SMARTS) is 1. The molecular formula is C14H26O2. The summed E-state index contributed by atoms with van der Waals surface area (Å²) in [7, 11) is 0. The summed E-state index contributed by atoms with van der Waals surface area (Å²) in [5.41, 5.74) is 0. The summed E-state index contributed by atoms with van der Waals surface area (Å²) >= 11 is 0. The minimum atomic E-state index is -0.583. The second-order valence-electron chi connectivity index (χ2n) is 6.25. The van der Waals surface area contributed by atoms with Crippen molar-refractivity contribution in [3.63, 3.8) is 0 Å². The van der Waals surface area contributed by atoms with Crippen LogP contribution >= 0.6 is 0 Å². The zero-order valence-electron chi connectivity index (χ0n) is 11.1. The Labute approximate surface area is 99.4 Å². The van der Waals surface area contributed by atoms with E-state index in [1.165, 1.54) is 6.42 Å². The molecule has 2 heteroatoms. The second-order valence-corrected chi connectivity index (χ2v) is 6.25. The Kier molecular flexibility index (Phi) is 4.82. The van der Waals surface area contributed by atoms with Gasteiger partial charge in [0, 0.05) is 0 Å². The van der Waals surface area contributed by atoms with Gasteiger partial charge in [-0.15, -0.1) is 0 Å². The average molecular weight is 226 g/mol. The van der Waals surface area contributed by atoms with Crippen molar-refractivity contribution in [2.75, 3.05) is 0 Å². The summed E-state index contributed by atoms with van der Waals surface area (Å²) in [5, 5.41) is 9.35. The molecule has 0 heterocycles. The highest BCUT2D eigenvalue weighted by atomic mass is 16.4. The van der Waals surface area contributed by atoms with E-state index in [-0.39, 0.29) is 5.92 Å². The first-order valence-corrected chi connectivity index (χ1v) is 6.63. The van der Waals surface area contributed by atoms with Crippen LogP contribution in [0.5, 0.6) is 0 Å². The molecule has 3 unspecified atom stereocenters. The first-order chi connectivity index (χ1) is 7.40. The van der Waals surface area contributed by atoms with Crippen molar-refractivity contribution >= 4 is 5.97 Å². The van der Waals surface area contributed by atoms with E-state index >= 15 is 0 Å². The number of hydrogen-bond donors (Lipinski definition) is 1. The van der Waals surface area contributed by atoms with Gasteiger partial charge in [0.05, 0.1) is 5.92 Å². The molecule has 0 spiro atoms. The standard InChI is InChI=1S/C14H26O2/c1-9(2)5-13(14(15)16)12-7-10(3)6-11(4)8-12/h9-13H,5-8H2,1-4H3,(H,15,16). The summed E-state index contributed by atoms with van der Waals surface area (Å²) in [4.78, 5) is 11.3.